The number of halogens is 8. The highest BCUT2D eigenvalue weighted by molar-refractivity contribution is 4.93. The molecule has 156 valence electrons. The Morgan fingerprint density at radius 2 is 1.19 bits per heavy atom. The molecule has 1 aliphatic rings. The van der Waals surface area contributed by atoms with Crippen LogP contribution in [0, 0.1) is 0 Å². The third kappa shape index (κ3) is 5.19. The van der Waals surface area contributed by atoms with Gasteiger partial charge in [0, 0.05) is 26.2 Å². The summed E-state index contributed by atoms with van der Waals surface area (Å²) in [6.45, 7) is 4.17. The lowest BCUT2D eigenvalue weighted by Crippen LogP contribution is -2.58. The largest absolute Gasteiger partial charge is 0.425 e. The van der Waals surface area contributed by atoms with E-state index in [4.69, 9.17) is 0 Å². The molecule has 0 bridgehead atoms. The number of hydrogen-bond donors (Lipinski definition) is 0. The maximum absolute atomic E-state index is 14.5. The molecule has 1 aliphatic heterocycles. The van der Waals surface area contributed by atoms with Gasteiger partial charge in [0.05, 0.1) is 6.04 Å². The van der Waals surface area contributed by atoms with Gasteiger partial charge in [-0.25, -0.2) is 22.0 Å². The second kappa shape index (κ2) is 8.14. The second-order valence-electron chi connectivity index (χ2n) is 6.69. The third-order valence-electron chi connectivity index (χ3n) is 4.76. The molecule has 1 rings (SSSR count). The predicted molar refractivity (Wildman–Crippen MR) is 79.4 cm³/mol. The number of hydrogen-bond acceptors (Lipinski definition) is 3. The molecule has 0 aromatic carbocycles. The van der Waals surface area contributed by atoms with Crippen LogP contribution in [0.1, 0.15) is 20.8 Å². The first-order valence-electron chi connectivity index (χ1n) is 8.16. The summed E-state index contributed by atoms with van der Waals surface area (Å²) >= 11 is 0. The molecule has 0 saturated carbocycles. The number of nitrogens with zero attached hydrogens (tertiary/aromatic N) is 2. The zero-order valence-corrected chi connectivity index (χ0v) is 15.0. The molecule has 0 spiro atoms. The van der Waals surface area contributed by atoms with Gasteiger partial charge in [-0.2, -0.15) is 13.2 Å². The van der Waals surface area contributed by atoms with E-state index in [-0.39, 0.29) is 0 Å². The van der Waals surface area contributed by atoms with Gasteiger partial charge in [-0.15, -0.1) is 0 Å². The summed E-state index contributed by atoms with van der Waals surface area (Å²) in [7, 11) is 1.82. The molecule has 0 aliphatic carbocycles. The van der Waals surface area contributed by atoms with Crippen LogP contribution in [-0.4, -0.2) is 85.5 Å². The molecular weight excluding hydrogens is 376 g/mol. The molecule has 26 heavy (non-hydrogen) atoms. The van der Waals surface area contributed by atoms with E-state index in [1.165, 1.54) is 11.8 Å². The van der Waals surface area contributed by atoms with Gasteiger partial charge in [0.15, 0.2) is 0 Å². The third-order valence-corrected chi connectivity index (χ3v) is 4.76. The molecule has 11 heteroatoms. The molecule has 1 saturated heterocycles. The molecule has 4 unspecified atom stereocenters. The average molecular weight is 400 g/mol. The first-order valence-corrected chi connectivity index (χ1v) is 8.16. The summed E-state index contributed by atoms with van der Waals surface area (Å²) in [6, 6.07) is -1.38. The Bertz CT molecular complexity index is 451. The van der Waals surface area contributed by atoms with Crippen molar-refractivity contribution in [2.24, 2.45) is 0 Å². The lowest BCUT2D eigenvalue weighted by molar-refractivity contribution is -0.286. The first-order chi connectivity index (χ1) is 11.6. The van der Waals surface area contributed by atoms with Crippen molar-refractivity contribution in [2.45, 2.75) is 63.2 Å². The smallest absolute Gasteiger partial charge is 0.363 e. The van der Waals surface area contributed by atoms with Crippen molar-refractivity contribution < 1.29 is 39.9 Å². The molecule has 4 atom stereocenters. The fourth-order valence-corrected chi connectivity index (χ4v) is 2.70. The molecule has 1 fully saturated rings. The van der Waals surface area contributed by atoms with Gasteiger partial charge >= 0.3 is 12.1 Å². The fraction of sp³-hybridized carbons (Fsp3) is 1.00. The number of rotatable bonds is 7. The SMILES string of the molecule is CC(OC(C)C(F)(F)C(F)C(F)(F)F)C(F)(F)C(C)N1CCN(C)CC1. The highest BCUT2D eigenvalue weighted by Gasteiger charge is 2.61. The topological polar surface area (TPSA) is 15.7 Å². The minimum Gasteiger partial charge on any atom is -0.363 e. The minimum absolute atomic E-state index is 0.326. The molecule has 1 heterocycles. The summed E-state index contributed by atoms with van der Waals surface area (Å²) in [4.78, 5) is 3.39. The van der Waals surface area contributed by atoms with Gasteiger partial charge in [0.2, 0.25) is 0 Å². The maximum Gasteiger partial charge on any atom is 0.425 e. The number of likely N-dealkylation sites (N-methyl/N-ethyl adjacent to an activating group) is 1. The summed E-state index contributed by atoms with van der Waals surface area (Å²) in [5.41, 5.74) is 0. The Balaban J connectivity index is 2.78. The molecule has 0 N–H and O–H groups in total. The van der Waals surface area contributed by atoms with Gasteiger partial charge in [0.25, 0.3) is 12.1 Å². The van der Waals surface area contributed by atoms with Crippen molar-refractivity contribution in [3.63, 3.8) is 0 Å². The highest BCUT2D eigenvalue weighted by Crippen LogP contribution is 2.39. The van der Waals surface area contributed by atoms with E-state index >= 15 is 0 Å². The summed E-state index contributed by atoms with van der Waals surface area (Å²) in [6.07, 6.45) is -15.1. The van der Waals surface area contributed by atoms with Crippen LogP contribution in [0.25, 0.3) is 0 Å². The van der Waals surface area contributed by atoms with Crippen molar-refractivity contribution in [3.05, 3.63) is 0 Å². The highest BCUT2D eigenvalue weighted by atomic mass is 19.4. The quantitative estimate of drug-likeness (QED) is 0.608. The number of piperazine rings is 1. The Labute approximate surface area is 147 Å². The van der Waals surface area contributed by atoms with E-state index in [0.29, 0.717) is 33.1 Å². The van der Waals surface area contributed by atoms with Gasteiger partial charge in [-0.05, 0) is 27.8 Å². The van der Waals surface area contributed by atoms with Crippen molar-refractivity contribution >= 4 is 0 Å². The zero-order valence-electron chi connectivity index (χ0n) is 15.0. The monoisotopic (exact) mass is 400 g/mol. The van der Waals surface area contributed by atoms with Crippen LogP contribution in [0.2, 0.25) is 0 Å². The molecule has 0 aromatic heterocycles. The van der Waals surface area contributed by atoms with E-state index in [9.17, 15) is 35.1 Å². The molecule has 0 aromatic rings. The van der Waals surface area contributed by atoms with Crippen LogP contribution in [-0.2, 0) is 4.74 Å². The molecular formula is C15H24F8N2O. The van der Waals surface area contributed by atoms with Gasteiger partial charge in [-0.3, -0.25) is 4.90 Å². The average Bonchev–Trinajstić information content (AvgIpc) is 2.52. The van der Waals surface area contributed by atoms with Crippen molar-refractivity contribution in [3.8, 4) is 0 Å². The van der Waals surface area contributed by atoms with E-state index in [1.54, 1.807) is 0 Å². The van der Waals surface area contributed by atoms with Crippen LogP contribution in [0.15, 0.2) is 0 Å². The van der Waals surface area contributed by atoms with Gasteiger partial charge in [0.1, 0.15) is 12.2 Å². The Morgan fingerprint density at radius 1 is 0.769 bits per heavy atom. The van der Waals surface area contributed by atoms with Gasteiger partial charge < -0.3 is 9.64 Å². The normalized spacial score (nSPS) is 23.5. The van der Waals surface area contributed by atoms with Gasteiger partial charge in [-0.1, -0.05) is 0 Å². The zero-order chi connectivity index (χ0) is 20.5. The predicted octanol–water partition coefficient (Wildman–Crippen LogP) is 3.59. The summed E-state index contributed by atoms with van der Waals surface area (Å²) < 4.78 is 110. The van der Waals surface area contributed by atoms with E-state index in [2.05, 4.69) is 4.74 Å². The maximum atomic E-state index is 14.5. The lowest BCUT2D eigenvalue weighted by atomic mass is 10.0. The minimum atomic E-state index is -5.82. The van der Waals surface area contributed by atoms with Crippen LogP contribution >= 0.6 is 0 Å². The van der Waals surface area contributed by atoms with Crippen molar-refractivity contribution in [2.75, 3.05) is 33.2 Å². The second-order valence-corrected chi connectivity index (χ2v) is 6.69. The van der Waals surface area contributed by atoms with Crippen LogP contribution in [0.5, 0.6) is 0 Å². The van der Waals surface area contributed by atoms with Crippen LogP contribution in [0.4, 0.5) is 35.1 Å². The number of alkyl halides is 8. The van der Waals surface area contributed by atoms with Crippen LogP contribution < -0.4 is 0 Å². The summed E-state index contributed by atoms with van der Waals surface area (Å²) in [5.74, 6) is -8.61. The summed E-state index contributed by atoms with van der Waals surface area (Å²) in [5, 5.41) is 0. The lowest BCUT2D eigenvalue weighted by Gasteiger charge is -2.42. The molecule has 0 radical (unpaired) electrons. The van der Waals surface area contributed by atoms with Crippen molar-refractivity contribution in [1.29, 1.82) is 0 Å². The number of ether oxygens (including phenoxy) is 1. The van der Waals surface area contributed by atoms with E-state index in [1.807, 2.05) is 11.9 Å². The Kier molecular flexibility index (Phi) is 7.31. The fourth-order valence-electron chi connectivity index (χ4n) is 2.70. The molecule has 0 amide bonds. The van der Waals surface area contributed by atoms with Crippen LogP contribution in [0.3, 0.4) is 0 Å². The Morgan fingerprint density at radius 3 is 1.62 bits per heavy atom. The van der Waals surface area contributed by atoms with E-state index in [0.717, 1.165) is 6.92 Å². The van der Waals surface area contributed by atoms with Crippen molar-refractivity contribution in [1.82, 2.24) is 9.80 Å². The Hall–Kier alpha value is -0.680. The standard InChI is InChI=1S/C15H24F8N2O/c1-9(25-7-5-24(4)6-8-25)13(17,18)10(2)26-11(3)14(19,20)12(16)15(21,22)23/h9-12H,5-8H2,1-4H3. The molecule has 3 nitrogen and oxygen atoms in total. The van der Waals surface area contributed by atoms with E-state index < -0.39 is 42.4 Å². The first kappa shape index (κ1) is 23.4.